The summed E-state index contributed by atoms with van der Waals surface area (Å²) in [6.45, 7) is 5.82. The molecule has 1 aromatic carbocycles. The maximum atomic E-state index is 5.82. The Hall–Kier alpha value is -0.980. The third-order valence-corrected chi connectivity index (χ3v) is 3.04. The van der Waals surface area contributed by atoms with Crippen LogP contribution in [-0.4, -0.2) is 26.2 Å². The summed E-state index contributed by atoms with van der Waals surface area (Å²) in [6, 6.07) is 8.03. The van der Waals surface area contributed by atoms with Crippen LogP contribution >= 0.6 is 24.0 Å². The third-order valence-electron chi connectivity index (χ3n) is 3.04. The molecule has 0 saturated heterocycles. The van der Waals surface area contributed by atoms with Gasteiger partial charge < -0.3 is 15.8 Å². The van der Waals surface area contributed by atoms with Crippen LogP contribution in [0.3, 0.4) is 0 Å². The second-order valence-electron chi connectivity index (χ2n) is 4.65. The number of benzene rings is 1. The van der Waals surface area contributed by atoms with Gasteiger partial charge in [-0.2, -0.15) is 0 Å². The van der Waals surface area contributed by atoms with Crippen LogP contribution in [0.25, 0.3) is 0 Å². The van der Waals surface area contributed by atoms with E-state index < -0.39 is 0 Å². The molecule has 0 spiro atoms. The van der Waals surface area contributed by atoms with Crippen LogP contribution in [0.4, 0.5) is 0 Å². The lowest BCUT2D eigenvalue weighted by atomic mass is 10.0. The molecule has 0 bridgehead atoms. The first-order valence-electron chi connectivity index (χ1n) is 6.85. The number of unbranched alkanes of at least 4 members (excludes halogenated alkanes) is 1. The zero-order valence-electron chi connectivity index (χ0n) is 12.6. The Morgan fingerprint density at radius 3 is 2.75 bits per heavy atom. The number of ether oxygens (including phenoxy) is 1. The number of methoxy groups -OCH3 is 1. The predicted octanol–water partition coefficient (Wildman–Crippen LogP) is 3.12. The number of nitrogens with zero attached hydrogens (tertiary/aromatic N) is 1. The second-order valence-corrected chi connectivity index (χ2v) is 4.65. The topological polar surface area (TPSA) is 59.6 Å². The van der Waals surface area contributed by atoms with Crippen LogP contribution < -0.4 is 15.8 Å². The van der Waals surface area contributed by atoms with Gasteiger partial charge in [-0.15, -0.1) is 24.0 Å². The molecule has 20 heavy (non-hydrogen) atoms. The first-order chi connectivity index (χ1) is 9.19. The summed E-state index contributed by atoms with van der Waals surface area (Å²) in [7, 11) is 1.69. The van der Waals surface area contributed by atoms with Crippen molar-refractivity contribution < 1.29 is 4.74 Å². The first-order valence-corrected chi connectivity index (χ1v) is 6.85. The van der Waals surface area contributed by atoms with Gasteiger partial charge in [0.25, 0.3) is 0 Å². The molecular weight excluding hydrogens is 365 g/mol. The van der Waals surface area contributed by atoms with Crippen LogP contribution in [0.5, 0.6) is 5.75 Å². The summed E-state index contributed by atoms with van der Waals surface area (Å²) in [6.07, 6.45) is 2.26. The van der Waals surface area contributed by atoms with Crippen molar-refractivity contribution in [2.75, 3.05) is 20.2 Å². The molecule has 0 radical (unpaired) electrons. The molecule has 0 fully saturated rings. The van der Waals surface area contributed by atoms with Gasteiger partial charge in [-0.25, -0.2) is 0 Å². The van der Waals surface area contributed by atoms with Gasteiger partial charge in [0, 0.05) is 19.0 Å². The van der Waals surface area contributed by atoms with Gasteiger partial charge in [-0.1, -0.05) is 38.5 Å². The van der Waals surface area contributed by atoms with E-state index in [4.69, 9.17) is 10.5 Å². The molecule has 3 N–H and O–H groups in total. The predicted molar refractivity (Wildman–Crippen MR) is 96.2 cm³/mol. The van der Waals surface area contributed by atoms with Crippen molar-refractivity contribution >= 4 is 29.9 Å². The highest BCUT2D eigenvalue weighted by Gasteiger charge is 2.10. The normalized spacial score (nSPS) is 12.4. The summed E-state index contributed by atoms with van der Waals surface area (Å²) >= 11 is 0. The van der Waals surface area contributed by atoms with E-state index in [1.807, 2.05) is 18.2 Å². The molecule has 4 nitrogen and oxygen atoms in total. The fourth-order valence-electron chi connectivity index (χ4n) is 1.86. The number of guanidine groups is 1. The summed E-state index contributed by atoms with van der Waals surface area (Å²) in [5.41, 5.74) is 6.98. The maximum Gasteiger partial charge on any atom is 0.188 e. The first kappa shape index (κ1) is 19.0. The van der Waals surface area contributed by atoms with E-state index in [0.717, 1.165) is 30.7 Å². The Kier molecular flexibility index (Phi) is 10.2. The van der Waals surface area contributed by atoms with E-state index in [-0.39, 0.29) is 29.9 Å². The molecule has 1 rings (SSSR count). The number of rotatable bonds is 7. The lowest BCUT2D eigenvalue weighted by molar-refractivity contribution is 0.407. The van der Waals surface area contributed by atoms with E-state index in [9.17, 15) is 0 Å². The van der Waals surface area contributed by atoms with Crippen molar-refractivity contribution in [3.8, 4) is 5.75 Å². The van der Waals surface area contributed by atoms with E-state index in [1.165, 1.54) is 0 Å². The van der Waals surface area contributed by atoms with Gasteiger partial charge in [-0.05, 0) is 18.1 Å². The maximum absolute atomic E-state index is 5.82. The Bertz CT molecular complexity index is 410. The zero-order chi connectivity index (χ0) is 14.1. The average molecular weight is 391 g/mol. The lowest BCUT2D eigenvalue weighted by Crippen LogP contribution is -2.32. The number of para-hydroxylation sites is 1. The number of hydrogen-bond acceptors (Lipinski definition) is 2. The van der Waals surface area contributed by atoms with Gasteiger partial charge in [0.15, 0.2) is 5.96 Å². The van der Waals surface area contributed by atoms with Crippen molar-refractivity contribution in [1.82, 2.24) is 5.32 Å². The van der Waals surface area contributed by atoms with E-state index in [1.54, 1.807) is 7.11 Å². The highest BCUT2D eigenvalue weighted by Crippen LogP contribution is 2.26. The highest BCUT2D eigenvalue weighted by atomic mass is 127. The Morgan fingerprint density at radius 2 is 2.10 bits per heavy atom. The summed E-state index contributed by atoms with van der Waals surface area (Å²) in [5, 5.41) is 3.12. The molecule has 0 aliphatic heterocycles. The molecule has 0 amide bonds. The monoisotopic (exact) mass is 391 g/mol. The molecule has 0 heterocycles. The molecule has 1 aromatic rings. The molecule has 0 saturated carbocycles. The summed E-state index contributed by atoms with van der Waals surface area (Å²) in [4.78, 5) is 4.38. The molecular formula is C15H26IN3O. The van der Waals surface area contributed by atoms with Crippen LogP contribution in [0.1, 0.15) is 38.2 Å². The van der Waals surface area contributed by atoms with Gasteiger partial charge in [0.2, 0.25) is 0 Å². The van der Waals surface area contributed by atoms with Crippen molar-refractivity contribution in [2.24, 2.45) is 10.7 Å². The van der Waals surface area contributed by atoms with Crippen LogP contribution in [-0.2, 0) is 0 Å². The van der Waals surface area contributed by atoms with Crippen molar-refractivity contribution in [3.63, 3.8) is 0 Å². The zero-order valence-corrected chi connectivity index (χ0v) is 14.9. The standard InChI is InChI=1S/C15H25N3O.HI/c1-4-5-10-17-15(16)18-11-12(2)13-8-6-7-9-14(13)19-3;/h6-9,12H,4-5,10-11H2,1-3H3,(H3,16,17,18);1H. The molecule has 1 atom stereocenters. The van der Waals surface area contributed by atoms with Gasteiger partial charge in [-0.3, -0.25) is 4.99 Å². The molecule has 1 unspecified atom stereocenters. The van der Waals surface area contributed by atoms with Crippen molar-refractivity contribution in [2.45, 2.75) is 32.6 Å². The molecule has 0 aliphatic carbocycles. The number of hydrogen-bond donors (Lipinski definition) is 2. The van der Waals surface area contributed by atoms with E-state index in [2.05, 4.69) is 30.2 Å². The number of aliphatic imine (C=N–C) groups is 1. The quantitative estimate of drug-likeness (QED) is 0.325. The van der Waals surface area contributed by atoms with Gasteiger partial charge >= 0.3 is 0 Å². The molecule has 5 heteroatoms. The molecule has 0 aliphatic rings. The van der Waals surface area contributed by atoms with Gasteiger partial charge in [0.05, 0.1) is 7.11 Å². The number of halogens is 1. The van der Waals surface area contributed by atoms with Crippen LogP contribution in [0.15, 0.2) is 29.3 Å². The molecule has 114 valence electrons. The largest absolute Gasteiger partial charge is 0.496 e. The van der Waals surface area contributed by atoms with Crippen LogP contribution in [0.2, 0.25) is 0 Å². The smallest absolute Gasteiger partial charge is 0.188 e. The summed E-state index contributed by atoms with van der Waals surface area (Å²) in [5.74, 6) is 1.71. The Labute approximate surface area is 139 Å². The SMILES string of the molecule is CCCCNC(N)=NCC(C)c1ccccc1OC.I. The minimum atomic E-state index is 0. The average Bonchev–Trinajstić information content (AvgIpc) is 2.45. The van der Waals surface area contributed by atoms with Gasteiger partial charge in [0.1, 0.15) is 5.75 Å². The lowest BCUT2D eigenvalue weighted by Gasteiger charge is -2.14. The minimum absolute atomic E-state index is 0. The Balaban J connectivity index is 0.00000361. The number of nitrogens with one attached hydrogen (secondary N) is 1. The Morgan fingerprint density at radius 1 is 1.40 bits per heavy atom. The summed E-state index contributed by atoms with van der Waals surface area (Å²) < 4.78 is 5.36. The van der Waals surface area contributed by atoms with Crippen molar-refractivity contribution in [1.29, 1.82) is 0 Å². The van der Waals surface area contributed by atoms with Crippen LogP contribution in [0, 0.1) is 0 Å². The van der Waals surface area contributed by atoms with E-state index >= 15 is 0 Å². The fourth-order valence-corrected chi connectivity index (χ4v) is 1.86. The number of nitrogens with two attached hydrogens (primary N) is 1. The second kappa shape index (κ2) is 10.8. The highest BCUT2D eigenvalue weighted by molar-refractivity contribution is 14.0. The third kappa shape index (κ3) is 6.45. The van der Waals surface area contributed by atoms with E-state index in [0.29, 0.717) is 12.5 Å². The fraction of sp³-hybridized carbons (Fsp3) is 0.533. The minimum Gasteiger partial charge on any atom is -0.496 e. The van der Waals surface area contributed by atoms with Crippen molar-refractivity contribution in [3.05, 3.63) is 29.8 Å². The molecule has 0 aromatic heterocycles.